The maximum Gasteiger partial charge on any atom is 0.308 e. The number of ether oxygens (including phenoxy) is 2. The highest BCUT2D eigenvalue weighted by Gasteiger charge is 2.65. The van der Waals surface area contributed by atoms with Crippen LogP contribution < -0.4 is 9.47 Å². The molecule has 0 aliphatic heterocycles. The topological polar surface area (TPSA) is 134 Å². The summed E-state index contributed by atoms with van der Waals surface area (Å²) in [6.45, 7) is 3.75. The second-order valence-corrected chi connectivity index (χ2v) is 15.0. The maximum absolute atomic E-state index is 14.9. The molecular weight excluding hydrogens is 757 g/mol. The van der Waals surface area contributed by atoms with Crippen LogP contribution in [-0.4, -0.2) is 43.8 Å². The van der Waals surface area contributed by atoms with Crippen molar-refractivity contribution in [3.8, 4) is 23.0 Å². The molecule has 60 heavy (non-hydrogen) atoms. The lowest BCUT2D eigenvalue weighted by Crippen LogP contribution is -2.64. The lowest BCUT2D eigenvalue weighted by atomic mass is 9.55. The van der Waals surface area contributed by atoms with Crippen molar-refractivity contribution < 1.29 is 38.9 Å². The molecule has 0 bridgehead atoms. The largest absolute Gasteiger partial charge is 0.481 e. The first-order valence-corrected chi connectivity index (χ1v) is 19.9. The SMILES string of the molecule is CC(c1ccccc1)N(Cc1ccc(Oc2ccccc2)cc1)C(=O)C1C(C(=O)O)C(C(=O)N(Cc2ccc(Oc3ccccc3)cc2)C(C)c2ccccc2)C1C(=O)O. The Morgan fingerprint density at radius 3 is 1.02 bits per heavy atom. The van der Waals surface area contributed by atoms with Crippen LogP contribution in [0.4, 0.5) is 0 Å². The number of benzene rings is 6. The fourth-order valence-electron chi connectivity index (χ4n) is 7.96. The Balaban J connectivity index is 1.18. The van der Waals surface area contributed by atoms with Gasteiger partial charge >= 0.3 is 11.9 Å². The zero-order valence-electron chi connectivity index (χ0n) is 33.3. The minimum absolute atomic E-state index is 0.0510. The minimum Gasteiger partial charge on any atom is -0.481 e. The van der Waals surface area contributed by atoms with Crippen LogP contribution in [0.2, 0.25) is 0 Å². The van der Waals surface area contributed by atoms with Crippen molar-refractivity contribution in [2.45, 2.75) is 39.0 Å². The van der Waals surface area contributed by atoms with E-state index in [4.69, 9.17) is 9.47 Å². The average molecular weight is 803 g/mol. The molecule has 0 aromatic heterocycles. The summed E-state index contributed by atoms with van der Waals surface area (Å²) in [6, 6.07) is 50.4. The number of hydrogen-bond donors (Lipinski definition) is 2. The zero-order valence-corrected chi connectivity index (χ0v) is 33.3. The lowest BCUT2D eigenvalue weighted by Gasteiger charge is -2.49. The van der Waals surface area contributed by atoms with Crippen LogP contribution in [0.1, 0.15) is 48.2 Å². The van der Waals surface area contributed by atoms with E-state index >= 15 is 0 Å². The number of amides is 2. The Morgan fingerprint density at radius 1 is 0.433 bits per heavy atom. The van der Waals surface area contributed by atoms with E-state index in [0.29, 0.717) is 23.0 Å². The van der Waals surface area contributed by atoms with Crippen LogP contribution in [0.15, 0.2) is 170 Å². The van der Waals surface area contributed by atoms with Gasteiger partial charge in [0.1, 0.15) is 23.0 Å². The van der Waals surface area contributed by atoms with E-state index in [1.54, 1.807) is 24.3 Å². The van der Waals surface area contributed by atoms with Crippen molar-refractivity contribution in [2.24, 2.45) is 23.7 Å². The Kier molecular flexibility index (Phi) is 12.7. The van der Waals surface area contributed by atoms with Crippen LogP contribution in [0.5, 0.6) is 23.0 Å². The smallest absolute Gasteiger partial charge is 0.308 e. The number of carboxylic acids is 2. The molecule has 1 fully saturated rings. The van der Waals surface area contributed by atoms with Crippen molar-refractivity contribution in [3.05, 3.63) is 192 Å². The van der Waals surface area contributed by atoms with Crippen LogP contribution in [0, 0.1) is 23.7 Å². The van der Waals surface area contributed by atoms with Crippen molar-refractivity contribution in [1.29, 1.82) is 0 Å². The summed E-state index contributed by atoms with van der Waals surface area (Å²) >= 11 is 0. The first-order chi connectivity index (χ1) is 29.1. The zero-order chi connectivity index (χ0) is 42.2. The van der Waals surface area contributed by atoms with Gasteiger partial charge in [-0.2, -0.15) is 0 Å². The Morgan fingerprint density at radius 2 is 0.717 bits per heavy atom. The Labute approximate surface area is 349 Å². The fraction of sp³-hybridized carbons (Fsp3) is 0.200. The lowest BCUT2D eigenvalue weighted by molar-refractivity contribution is -0.189. The van der Waals surface area contributed by atoms with Crippen molar-refractivity contribution in [1.82, 2.24) is 9.80 Å². The molecule has 0 spiro atoms. The number of nitrogens with zero attached hydrogens (tertiary/aromatic N) is 2. The van der Waals surface area contributed by atoms with Crippen LogP contribution >= 0.6 is 0 Å². The van der Waals surface area contributed by atoms with Crippen LogP contribution in [-0.2, 0) is 32.3 Å². The molecule has 0 radical (unpaired) electrons. The number of carbonyl (C=O) groups excluding carboxylic acids is 2. The maximum atomic E-state index is 14.9. The number of carboxylic acid groups (broad SMARTS) is 2. The molecule has 0 saturated heterocycles. The van der Waals surface area contributed by atoms with E-state index in [1.165, 1.54) is 9.80 Å². The van der Waals surface area contributed by atoms with E-state index in [2.05, 4.69) is 0 Å². The molecule has 7 rings (SSSR count). The highest BCUT2D eigenvalue weighted by atomic mass is 16.5. The van der Waals surface area contributed by atoms with Gasteiger partial charge in [-0.15, -0.1) is 0 Å². The van der Waals surface area contributed by atoms with Crippen LogP contribution in [0.25, 0.3) is 0 Å². The number of carbonyl (C=O) groups is 4. The molecule has 10 heteroatoms. The van der Waals surface area contributed by atoms with Crippen molar-refractivity contribution >= 4 is 23.8 Å². The van der Waals surface area contributed by atoms with E-state index in [0.717, 1.165) is 22.3 Å². The van der Waals surface area contributed by atoms with E-state index in [-0.39, 0.29) is 13.1 Å². The molecule has 2 atom stereocenters. The fourth-order valence-corrected chi connectivity index (χ4v) is 7.96. The van der Waals surface area contributed by atoms with Gasteiger partial charge in [-0.25, -0.2) is 0 Å². The van der Waals surface area contributed by atoms with E-state index < -0.39 is 59.5 Å². The summed E-state index contributed by atoms with van der Waals surface area (Å²) in [5.41, 5.74) is 3.01. The van der Waals surface area contributed by atoms with Gasteiger partial charge in [-0.05, 0) is 84.6 Å². The van der Waals surface area contributed by atoms with Gasteiger partial charge in [0.15, 0.2) is 0 Å². The Bertz CT molecular complexity index is 2200. The van der Waals surface area contributed by atoms with Gasteiger partial charge in [-0.3, -0.25) is 19.2 Å². The first kappa shape index (κ1) is 41.0. The molecule has 1 saturated carbocycles. The molecule has 0 heterocycles. The molecule has 2 unspecified atom stereocenters. The minimum atomic E-state index is -1.59. The Hall–Kier alpha value is -7.20. The standard InChI is InChI=1S/C50H46N2O8/c1-33(37-15-7-3-8-16-37)51(31-35-23-27-41(28-24-35)59-39-19-11-5-12-20-39)47(53)43-45(49(55)56)44(46(43)50(57)58)48(54)52(34(2)38-17-9-4-10-18-38)32-36-25-29-42(30-26-36)60-40-21-13-6-14-22-40/h3-30,33-34,43-46H,31-32H2,1-2H3,(H,55,56)(H,57,58). The highest BCUT2D eigenvalue weighted by Crippen LogP contribution is 2.50. The predicted molar refractivity (Wildman–Crippen MR) is 226 cm³/mol. The molecule has 6 aromatic rings. The summed E-state index contributed by atoms with van der Waals surface area (Å²) in [5.74, 6) is -7.84. The van der Waals surface area contributed by atoms with Gasteiger partial charge in [0.2, 0.25) is 11.8 Å². The molecule has 2 amide bonds. The molecule has 304 valence electrons. The van der Waals surface area contributed by atoms with Gasteiger partial charge in [0.25, 0.3) is 0 Å². The number of aliphatic carboxylic acids is 2. The monoisotopic (exact) mass is 802 g/mol. The summed E-state index contributed by atoms with van der Waals surface area (Å²) < 4.78 is 11.9. The number of rotatable bonds is 16. The van der Waals surface area contributed by atoms with Gasteiger partial charge in [-0.1, -0.05) is 121 Å². The summed E-state index contributed by atoms with van der Waals surface area (Å²) in [5, 5.41) is 21.5. The third-order valence-electron chi connectivity index (χ3n) is 11.3. The van der Waals surface area contributed by atoms with Crippen molar-refractivity contribution in [3.63, 3.8) is 0 Å². The van der Waals surface area contributed by atoms with Gasteiger partial charge < -0.3 is 29.5 Å². The van der Waals surface area contributed by atoms with Gasteiger partial charge in [0, 0.05) is 13.1 Å². The summed E-state index contributed by atoms with van der Waals surface area (Å²) in [4.78, 5) is 59.2. The summed E-state index contributed by atoms with van der Waals surface area (Å²) in [6.07, 6.45) is 0. The van der Waals surface area contributed by atoms with E-state index in [1.807, 2.05) is 159 Å². The van der Waals surface area contributed by atoms with Crippen LogP contribution in [0.3, 0.4) is 0 Å². The molecular formula is C50H46N2O8. The number of para-hydroxylation sites is 2. The molecule has 1 aliphatic rings. The molecule has 6 aromatic carbocycles. The third kappa shape index (κ3) is 9.23. The summed E-state index contributed by atoms with van der Waals surface area (Å²) in [7, 11) is 0. The third-order valence-corrected chi connectivity index (χ3v) is 11.3. The first-order valence-electron chi connectivity index (χ1n) is 19.9. The number of hydrogen-bond acceptors (Lipinski definition) is 6. The highest BCUT2D eigenvalue weighted by molar-refractivity contribution is 6.00. The quantitative estimate of drug-likeness (QED) is 0.0989. The average Bonchev–Trinajstić information content (AvgIpc) is 3.26. The molecule has 1 aliphatic carbocycles. The van der Waals surface area contributed by atoms with E-state index in [9.17, 15) is 29.4 Å². The molecule has 2 N–H and O–H groups in total. The van der Waals surface area contributed by atoms with Crippen molar-refractivity contribution in [2.75, 3.05) is 0 Å². The second-order valence-electron chi connectivity index (χ2n) is 15.0. The normalized spacial score (nSPS) is 17.9. The van der Waals surface area contributed by atoms with Gasteiger partial charge in [0.05, 0.1) is 35.8 Å². The predicted octanol–water partition coefficient (Wildman–Crippen LogP) is 9.80. The second kappa shape index (κ2) is 18.6. The molecule has 10 nitrogen and oxygen atoms in total.